The van der Waals surface area contributed by atoms with E-state index >= 15 is 0 Å². The number of hydrogen-bond acceptors (Lipinski definition) is 6. The molecule has 3 rings (SSSR count). The van der Waals surface area contributed by atoms with Gasteiger partial charge in [-0.1, -0.05) is 48.5 Å². The number of amides is 2. The molecular weight excluding hydrogens is 424 g/mol. The van der Waals surface area contributed by atoms with Gasteiger partial charge in [0.25, 0.3) is 0 Å². The third kappa shape index (κ3) is 5.77. The van der Waals surface area contributed by atoms with Crippen molar-refractivity contribution in [2.45, 2.75) is 38.8 Å². The summed E-state index contributed by atoms with van der Waals surface area (Å²) in [6, 6.07) is 14.7. The van der Waals surface area contributed by atoms with Crippen molar-refractivity contribution in [2.75, 3.05) is 25.1 Å². The normalized spacial score (nSPS) is 14.9. The Bertz CT molecular complexity index is 1040. The quantitative estimate of drug-likeness (QED) is 0.494. The fourth-order valence-corrected chi connectivity index (χ4v) is 3.65. The van der Waals surface area contributed by atoms with Crippen LogP contribution in [0.3, 0.4) is 0 Å². The lowest BCUT2D eigenvalue weighted by atomic mass is 10.1. The van der Waals surface area contributed by atoms with Gasteiger partial charge in [0.2, 0.25) is 5.91 Å². The second-order valence-electron chi connectivity index (χ2n) is 8.76. The van der Waals surface area contributed by atoms with Crippen LogP contribution >= 0.6 is 0 Å². The van der Waals surface area contributed by atoms with Gasteiger partial charge in [-0.2, -0.15) is 0 Å². The molecule has 0 saturated heterocycles. The van der Waals surface area contributed by atoms with Crippen molar-refractivity contribution < 1.29 is 28.7 Å². The molecule has 2 aromatic rings. The first-order chi connectivity index (χ1) is 15.6. The van der Waals surface area contributed by atoms with E-state index in [-0.39, 0.29) is 18.7 Å². The first-order valence-corrected chi connectivity index (χ1v) is 10.6. The molecule has 0 saturated carbocycles. The number of rotatable bonds is 6. The van der Waals surface area contributed by atoms with Crippen LogP contribution in [0.2, 0.25) is 0 Å². The van der Waals surface area contributed by atoms with Gasteiger partial charge in [0, 0.05) is 12.0 Å². The van der Waals surface area contributed by atoms with Crippen molar-refractivity contribution in [1.29, 1.82) is 0 Å². The smallest absolute Gasteiger partial charge is 0.415 e. The number of nitrogens with zero attached hydrogens (tertiary/aromatic N) is 2. The molecule has 8 heteroatoms. The second-order valence-corrected chi connectivity index (χ2v) is 8.76. The van der Waals surface area contributed by atoms with Crippen molar-refractivity contribution in [1.82, 2.24) is 4.90 Å². The van der Waals surface area contributed by atoms with E-state index in [0.717, 1.165) is 10.5 Å². The molecule has 0 aromatic heterocycles. The minimum absolute atomic E-state index is 0.242. The number of ketones is 1. The summed E-state index contributed by atoms with van der Waals surface area (Å²) in [5.41, 5.74) is 1.02. The summed E-state index contributed by atoms with van der Waals surface area (Å²) in [5.74, 6) is -1.53. The number of anilines is 1. The van der Waals surface area contributed by atoms with Gasteiger partial charge in [0.05, 0.1) is 19.3 Å². The largest absolute Gasteiger partial charge is 0.468 e. The lowest BCUT2D eigenvalue weighted by Gasteiger charge is -2.31. The number of hydrogen-bond donors (Lipinski definition) is 0. The van der Waals surface area contributed by atoms with Crippen LogP contribution in [0.15, 0.2) is 54.6 Å². The highest BCUT2D eigenvalue weighted by Crippen LogP contribution is 2.34. The monoisotopic (exact) mass is 452 g/mol. The number of carbonyl (C=O) groups excluding carboxylic acids is 4. The van der Waals surface area contributed by atoms with E-state index in [1.54, 1.807) is 63.2 Å². The molecule has 0 radical (unpaired) electrons. The lowest BCUT2D eigenvalue weighted by molar-refractivity contribution is -0.147. The zero-order valence-electron chi connectivity index (χ0n) is 19.2. The molecular formula is C25H28N2O6. The van der Waals surface area contributed by atoms with Gasteiger partial charge in [-0.15, -0.1) is 0 Å². The van der Waals surface area contributed by atoms with Crippen molar-refractivity contribution in [3.8, 4) is 0 Å². The maximum absolute atomic E-state index is 13.6. The maximum Gasteiger partial charge on any atom is 0.415 e. The molecule has 1 atom stereocenters. The lowest BCUT2D eigenvalue weighted by Crippen LogP contribution is -2.53. The number of esters is 1. The van der Waals surface area contributed by atoms with Crippen molar-refractivity contribution in [3.05, 3.63) is 65.7 Å². The fourth-order valence-electron chi connectivity index (χ4n) is 3.65. The molecule has 1 aliphatic rings. The Morgan fingerprint density at radius 1 is 0.970 bits per heavy atom. The summed E-state index contributed by atoms with van der Waals surface area (Å²) < 4.78 is 10.3. The molecule has 8 nitrogen and oxygen atoms in total. The summed E-state index contributed by atoms with van der Waals surface area (Å²) in [5, 5.41) is 0. The third-order valence-electron chi connectivity index (χ3n) is 5.14. The Hall–Kier alpha value is -3.68. The highest BCUT2D eigenvalue weighted by molar-refractivity contribution is 6.04. The topological polar surface area (TPSA) is 93.2 Å². The second kappa shape index (κ2) is 9.85. The minimum Gasteiger partial charge on any atom is -0.468 e. The standard InChI is InChI=1S/C25H28N2O6/c1-25(2,3)33-24(31)27-19-13-9-8-12-18(19)14-20(27)23(30)26(16-22(29)32-4)15-21(28)17-10-6-5-7-11-17/h5-13,20H,14-16H2,1-4H3/t20-/m1/s1. The molecule has 1 aliphatic heterocycles. The first kappa shape index (κ1) is 24.0. The average Bonchev–Trinajstić information content (AvgIpc) is 3.17. The molecule has 1 heterocycles. The molecule has 0 bridgehead atoms. The Labute approximate surface area is 193 Å². The highest BCUT2D eigenvalue weighted by atomic mass is 16.6. The van der Waals surface area contributed by atoms with Crippen LogP contribution in [0.25, 0.3) is 0 Å². The van der Waals surface area contributed by atoms with Gasteiger partial charge in [0.15, 0.2) is 5.78 Å². The molecule has 0 unspecified atom stereocenters. The Kier molecular flexibility index (Phi) is 7.16. The molecule has 2 aromatic carbocycles. The van der Waals surface area contributed by atoms with Crippen molar-refractivity contribution in [3.63, 3.8) is 0 Å². The average molecular weight is 453 g/mol. The Morgan fingerprint density at radius 2 is 1.61 bits per heavy atom. The molecule has 0 fully saturated rings. The van der Waals surface area contributed by atoms with E-state index in [1.165, 1.54) is 12.0 Å². The minimum atomic E-state index is -0.953. The number of Topliss-reactive ketones (excluding diaryl/α,β-unsaturated/α-hetero) is 1. The van der Waals surface area contributed by atoms with Crippen LogP contribution in [-0.4, -0.2) is 60.5 Å². The van der Waals surface area contributed by atoms with Crippen LogP contribution in [0.5, 0.6) is 0 Å². The van der Waals surface area contributed by atoms with E-state index < -0.39 is 36.2 Å². The van der Waals surface area contributed by atoms with Crippen LogP contribution in [0.4, 0.5) is 10.5 Å². The van der Waals surface area contributed by atoms with E-state index in [4.69, 9.17) is 9.47 Å². The van der Waals surface area contributed by atoms with Gasteiger partial charge in [-0.05, 0) is 32.4 Å². The number of methoxy groups -OCH3 is 1. The number of para-hydroxylation sites is 1. The number of ether oxygens (including phenoxy) is 2. The van der Waals surface area contributed by atoms with Gasteiger partial charge < -0.3 is 14.4 Å². The predicted octanol–water partition coefficient (Wildman–Crippen LogP) is 3.24. The molecule has 2 amide bonds. The molecule has 0 aliphatic carbocycles. The maximum atomic E-state index is 13.6. The zero-order chi connectivity index (χ0) is 24.2. The summed E-state index contributed by atoms with van der Waals surface area (Å²) >= 11 is 0. The van der Waals surface area contributed by atoms with Crippen LogP contribution in [0.1, 0.15) is 36.7 Å². The van der Waals surface area contributed by atoms with E-state index in [2.05, 4.69) is 0 Å². The number of carbonyl (C=O) groups is 4. The first-order valence-electron chi connectivity index (χ1n) is 10.6. The summed E-state index contributed by atoms with van der Waals surface area (Å²) in [6.07, 6.45) is -0.427. The van der Waals surface area contributed by atoms with Crippen molar-refractivity contribution in [2.24, 2.45) is 0 Å². The van der Waals surface area contributed by atoms with Crippen LogP contribution in [-0.2, 0) is 25.5 Å². The summed E-state index contributed by atoms with van der Waals surface area (Å²) in [6.45, 7) is 4.49. The fraction of sp³-hybridized carbons (Fsp3) is 0.360. The van der Waals surface area contributed by atoms with Crippen LogP contribution < -0.4 is 4.90 Å². The highest BCUT2D eigenvalue weighted by Gasteiger charge is 2.42. The number of benzene rings is 2. The zero-order valence-corrected chi connectivity index (χ0v) is 19.2. The van der Waals surface area contributed by atoms with E-state index in [1.807, 2.05) is 12.1 Å². The van der Waals surface area contributed by atoms with Gasteiger partial charge >= 0.3 is 12.1 Å². The summed E-state index contributed by atoms with van der Waals surface area (Å²) in [4.78, 5) is 54.0. The van der Waals surface area contributed by atoms with Gasteiger partial charge in [0.1, 0.15) is 18.2 Å². The Morgan fingerprint density at radius 3 is 2.24 bits per heavy atom. The van der Waals surface area contributed by atoms with E-state index in [9.17, 15) is 19.2 Å². The Balaban J connectivity index is 1.91. The molecule has 0 spiro atoms. The SMILES string of the molecule is COC(=O)CN(CC(=O)c1ccccc1)C(=O)[C@H]1Cc2ccccc2N1C(=O)OC(C)(C)C. The van der Waals surface area contributed by atoms with Gasteiger partial charge in [-0.25, -0.2) is 4.79 Å². The van der Waals surface area contributed by atoms with Gasteiger partial charge in [-0.3, -0.25) is 19.3 Å². The van der Waals surface area contributed by atoms with Crippen molar-refractivity contribution >= 4 is 29.4 Å². The molecule has 0 N–H and O–H groups in total. The predicted molar refractivity (Wildman–Crippen MR) is 122 cm³/mol. The van der Waals surface area contributed by atoms with Crippen LogP contribution in [0, 0.1) is 0 Å². The third-order valence-corrected chi connectivity index (χ3v) is 5.14. The molecule has 174 valence electrons. The van der Waals surface area contributed by atoms with E-state index in [0.29, 0.717) is 11.3 Å². The number of fused-ring (bicyclic) bond motifs is 1. The molecule has 33 heavy (non-hydrogen) atoms. The summed E-state index contributed by atoms with van der Waals surface area (Å²) in [7, 11) is 1.21.